The van der Waals surface area contributed by atoms with E-state index in [4.69, 9.17) is 16.3 Å². The molecule has 0 bridgehead atoms. The van der Waals surface area contributed by atoms with Gasteiger partial charge in [-0.05, 0) is 26.0 Å². The molecule has 130 valence electrons. The maximum Gasteiger partial charge on any atom is 0.191 e. The van der Waals surface area contributed by atoms with Crippen LogP contribution in [0.2, 0.25) is 5.02 Å². The number of nitrogens with one attached hydrogen (secondary N) is 2. The first kappa shape index (κ1) is 18.5. The lowest BCUT2D eigenvalue weighted by Crippen LogP contribution is -2.40. The number of aromatic nitrogens is 1. The van der Waals surface area contributed by atoms with E-state index in [9.17, 15) is 0 Å². The van der Waals surface area contributed by atoms with Gasteiger partial charge in [-0.2, -0.15) is 0 Å². The van der Waals surface area contributed by atoms with E-state index in [-0.39, 0.29) is 0 Å². The van der Waals surface area contributed by atoms with Crippen LogP contribution < -0.4 is 15.4 Å². The lowest BCUT2D eigenvalue weighted by Gasteiger charge is -2.12. The van der Waals surface area contributed by atoms with Crippen LogP contribution in [-0.2, 0) is 6.42 Å². The molecule has 0 aliphatic heterocycles. The minimum Gasteiger partial charge on any atom is -0.490 e. The van der Waals surface area contributed by atoms with E-state index in [1.54, 1.807) is 18.4 Å². The van der Waals surface area contributed by atoms with E-state index in [1.165, 1.54) is 4.88 Å². The quantitative estimate of drug-likeness (QED) is 0.449. The van der Waals surface area contributed by atoms with Crippen molar-refractivity contribution in [2.45, 2.75) is 20.3 Å². The maximum atomic E-state index is 6.05. The summed E-state index contributed by atoms with van der Waals surface area (Å²) in [4.78, 5) is 10.0. The molecule has 0 saturated heterocycles. The summed E-state index contributed by atoms with van der Waals surface area (Å²) in [6.07, 6.45) is 0.885. The monoisotopic (exact) mass is 366 g/mol. The zero-order valence-electron chi connectivity index (χ0n) is 14.2. The van der Waals surface area contributed by atoms with Crippen molar-refractivity contribution in [3.05, 3.63) is 44.9 Å². The number of nitrogens with zero attached hydrogens (tertiary/aromatic N) is 2. The molecule has 0 aliphatic rings. The Morgan fingerprint density at radius 3 is 2.67 bits per heavy atom. The Balaban J connectivity index is 1.66. The fourth-order valence-corrected chi connectivity index (χ4v) is 3.17. The number of hydrogen-bond donors (Lipinski definition) is 2. The highest BCUT2D eigenvalue weighted by atomic mass is 35.5. The van der Waals surface area contributed by atoms with Crippen LogP contribution in [0.5, 0.6) is 5.75 Å². The first-order chi connectivity index (χ1) is 11.6. The molecule has 0 saturated carbocycles. The fourth-order valence-electron chi connectivity index (χ4n) is 2.05. The molecule has 0 atom stereocenters. The van der Waals surface area contributed by atoms with Gasteiger partial charge in [-0.1, -0.05) is 23.7 Å². The van der Waals surface area contributed by atoms with Crippen molar-refractivity contribution < 1.29 is 4.74 Å². The Morgan fingerprint density at radius 1 is 1.25 bits per heavy atom. The van der Waals surface area contributed by atoms with Crippen molar-refractivity contribution in [2.75, 3.05) is 26.7 Å². The van der Waals surface area contributed by atoms with Gasteiger partial charge in [0.2, 0.25) is 0 Å². The molecule has 0 spiro atoms. The van der Waals surface area contributed by atoms with Gasteiger partial charge in [0.1, 0.15) is 12.4 Å². The second-order valence-corrected chi connectivity index (χ2v) is 6.90. The minimum absolute atomic E-state index is 0.509. The van der Waals surface area contributed by atoms with Gasteiger partial charge < -0.3 is 15.4 Å². The van der Waals surface area contributed by atoms with E-state index in [0.29, 0.717) is 23.9 Å². The Morgan fingerprint density at radius 2 is 2.00 bits per heavy atom. The predicted molar refractivity (Wildman–Crippen MR) is 102 cm³/mol. The molecule has 24 heavy (non-hydrogen) atoms. The third-order valence-corrected chi connectivity index (χ3v) is 4.86. The van der Waals surface area contributed by atoms with Gasteiger partial charge in [-0.25, -0.2) is 4.98 Å². The molecular formula is C17H23ClN4OS. The van der Waals surface area contributed by atoms with Crippen LogP contribution in [0.1, 0.15) is 15.6 Å². The smallest absolute Gasteiger partial charge is 0.191 e. The number of thiazole rings is 1. The van der Waals surface area contributed by atoms with E-state index >= 15 is 0 Å². The van der Waals surface area contributed by atoms with Crippen LogP contribution in [0.4, 0.5) is 0 Å². The largest absolute Gasteiger partial charge is 0.490 e. The molecule has 0 aliphatic carbocycles. The minimum atomic E-state index is 0.509. The lowest BCUT2D eigenvalue weighted by molar-refractivity contribution is 0.322. The average molecular weight is 367 g/mol. The Kier molecular flexibility index (Phi) is 7.34. The third-order valence-electron chi connectivity index (χ3n) is 3.42. The zero-order chi connectivity index (χ0) is 17.4. The summed E-state index contributed by atoms with van der Waals surface area (Å²) in [6, 6.07) is 7.45. The second kappa shape index (κ2) is 9.49. The molecule has 2 aromatic rings. The number of rotatable bonds is 7. The van der Waals surface area contributed by atoms with Crippen molar-refractivity contribution in [1.29, 1.82) is 0 Å². The van der Waals surface area contributed by atoms with E-state index in [1.807, 2.05) is 31.2 Å². The number of guanidine groups is 1. The number of para-hydroxylation sites is 1. The predicted octanol–water partition coefficient (Wildman–Crippen LogP) is 3.20. The summed E-state index contributed by atoms with van der Waals surface area (Å²) in [6.45, 7) is 6.08. The van der Waals surface area contributed by atoms with E-state index in [2.05, 4.69) is 27.5 Å². The summed E-state index contributed by atoms with van der Waals surface area (Å²) in [5.41, 5.74) is 1.12. The molecule has 7 heteroatoms. The highest BCUT2D eigenvalue weighted by Gasteiger charge is 2.04. The van der Waals surface area contributed by atoms with Crippen molar-refractivity contribution in [3.8, 4) is 5.75 Å². The molecule has 0 amide bonds. The SMILES string of the molecule is CN=C(NCCOc1ccccc1Cl)NCCc1nc(C)c(C)s1. The summed E-state index contributed by atoms with van der Waals surface area (Å²) in [5.74, 6) is 1.45. The average Bonchev–Trinajstić information content (AvgIpc) is 2.89. The first-order valence-electron chi connectivity index (χ1n) is 7.85. The van der Waals surface area contributed by atoms with Crippen LogP contribution in [0.25, 0.3) is 0 Å². The standard InChI is InChI=1S/C17H23ClN4OS/c1-12-13(2)24-16(22-12)8-9-20-17(19-3)21-10-11-23-15-7-5-4-6-14(15)18/h4-7H,8-11H2,1-3H3,(H2,19,20,21). The first-order valence-corrected chi connectivity index (χ1v) is 9.04. The normalized spacial score (nSPS) is 11.4. The third kappa shape index (κ3) is 5.69. The fraction of sp³-hybridized carbons (Fsp3) is 0.412. The molecule has 1 aromatic carbocycles. The molecule has 0 fully saturated rings. The number of aryl methyl sites for hydroxylation is 2. The number of ether oxygens (including phenoxy) is 1. The Bertz CT molecular complexity index is 667. The van der Waals surface area contributed by atoms with E-state index < -0.39 is 0 Å². The van der Waals surface area contributed by atoms with Crippen LogP contribution in [0.3, 0.4) is 0 Å². The van der Waals surface area contributed by atoms with Gasteiger partial charge in [-0.15, -0.1) is 11.3 Å². The van der Waals surface area contributed by atoms with Crippen molar-refractivity contribution in [3.63, 3.8) is 0 Å². The number of halogens is 1. The highest BCUT2D eigenvalue weighted by Crippen LogP contribution is 2.22. The highest BCUT2D eigenvalue weighted by molar-refractivity contribution is 7.11. The molecular weight excluding hydrogens is 344 g/mol. The van der Waals surface area contributed by atoms with E-state index in [0.717, 1.165) is 29.6 Å². The van der Waals surface area contributed by atoms with Gasteiger partial charge >= 0.3 is 0 Å². The van der Waals surface area contributed by atoms with Gasteiger partial charge in [-0.3, -0.25) is 4.99 Å². The number of hydrogen-bond acceptors (Lipinski definition) is 4. The van der Waals surface area contributed by atoms with Crippen molar-refractivity contribution in [1.82, 2.24) is 15.6 Å². The second-order valence-electron chi connectivity index (χ2n) is 5.20. The molecule has 5 nitrogen and oxygen atoms in total. The Hall–Kier alpha value is -1.79. The van der Waals surface area contributed by atoms with Gasteiger partial charge in [0, 0.05) is 24.9 Å². The lowest BCUT2D eigenvalue weighted by atomic mass is 10.3. The van der Waals surface area contributed by atoms with Crippen LogP contribution >= 0.6 is 22.9 Å². The van der Waals surface area contributed by atoms with Crippen molar-refractivity contribution >= 4 is 28.9 Å². The summed E-state index contributed by atoms with van der Waals surface area (Å²) in [7, 11) is 1.75. The van der Waals surface area contributed by atoms with Crippen LogP contribution in [0.15, 0.2) is 29.3 Å². The number of benzene rings is 1. The van der Waals surface area contributed by atoms with Crippen LogP contribution in [-0.4, -0.2) is 37.7 Å². The summed E-state index contributed by atoms with van der Waals surface area (Å²) in [5, 5.41) is 8.26. The van der Waals surface area contributed by atoms with Gasteiger partial charge in [0.15, 0.2) is 5.96 Å². The maximum absolute atomic E-state index is 6.05. The number of aliphatic imine (C=N–C) groups is 1. The molecule has 1 aromatic heterocycles. The molecule has 0 radical (unpaired) electrons. The molecule has 2 rings (SSSR count). The summed E-state index contributed by atoms with van der Waals surface area (Å²) >= 11 is 7.80. The van der Waals surface area contributed by atoms with Crippen molar-refractivity contribution in [2.24, 2.45) is 4.99 Å². The molecule has 0 unspecified atom stereocenters. The topological polar surface area (TPSA) is 58.5 Å². The van der Waals surface area contributed by atoms with Gasteiger partial charge in [0.05, 0.1) is 22.3 Å². The zero-order valence-corrected chi connectivity index (χ0v) is 15.8. The molecule has 2 N–H and O–H groups in total. The van der Waals surface area contributed by atoms with Gasteiger partial charge in [0.25, 0.3) is 0 Å². The Labute approximate surface area is 152 Å². The summed E-state index contributed by atoms with van der Waals surface area (Å²) < 4.78 is 5.64. The van der Waals surface area contributed by atoms with Crippen LogP contribution in [0, 0.1) is 13.8 Å². The molecule has 1 heterocycles.